The molecule has 0 amide bonds. The van der Waals surface area contributed by atoms with Crippen molar-refractivity contribution in [3.05, 3.63) is 34.1 Å². The lowest BCUT2D eigenvalue weighted by Gasteiger charge is -2.14. The first kappa shape index (κ1) is 11.4. The van der Waals surface area contributed by atoms with Crippen LogP contribution < -0.4 is 0 Å². The van der Waals surface area contributed by atoms with Crippen molar-refractivity contribution >= 4 is 27.5 Å². The maximum Gasteiger partial charge on any atom is 0.137 e. The fourth-order valence-electron chi connectivity index (χ4n) is 2.21. The lowest BCUT2D eigenvalue weighted by Crippen LogP contribution is -2.10. The van der Waals surface area contributed by atoms with Crippen molar-refractivity contribution in [3.63, 3.8) is 0 Å². The minimum atomic E-state index is -0.184. The quantitative estimate of drug-likeness (QED) is 0.702. The van der Waals surface area contributed by atoms with E-state index in [4.69, 9.17) is 11.6 Å². The monoisotopic (exact) mass is 290 g/mol. The molecule has 1 aliphatic carbocycles. The molecule has 2 unspecified atom stereocenters. The molecule has 0 bridgehead atoms. The number of halogens is 3. The smallest absolute Gasteiger partial charge is 0.137 e. The number of alkyl halides is 1. The Kier molecular flexibility index (Phi) is 3.68. The van der Waals surface area contributed by atoms with Gasteiger partial charge >= 0.3 is 0 Å². The normalized spacial score (nSPS) is 25.8. The van der Waals surface area contributed by atoms with Crippen LogP contribution in [0.1, 0.15) is 24.8 Å². The minimum Gasteiger partial charge on any atom is -0.206 e. The first-order valence-corrected chi connectivity index (χ1v) is 6.48. The van der Waals surface area contributed by atoms with Gasteiger partial charge in [0.05, 0.1) is 4.47 Å². The molecule has 0 aromatic heterocycles. The standard InChI is InChI=1S/C12H13BrClF/c13-12-9(4-2-6-11(12)15)7-8-3-1-5-10(8)14/h2,4,6,8,10H,1,3,5,7H2. The molecule has 0 saturated heterocycles. The Balaban J connectivity index is 2.13. The summed E-state index contributed by atoms with van der Waals surface area (Å²) in [7, 11) is 0. The molecule has 0 aliphatic heterocycles. The van der Waals surface area contributed by atoms with Crippen molar-refractivity contribution in [1.82, 2.24) is 0 Å². The lowest BCUT2D eigenvalue weighted by molar-refractivity contribution is 0.546. The van der Waals surface area contributed by atoms with Gasteiger partial charge in [-0.1, -0.05) is 18.6 Å². The van der Waals surface area contributed by atoms with E-state index in [1.54, 1.807) is 6.07 Å². The van der Waals surface area contributed by atoms with E-state index in [0.717, 1.165) is 24.8 Å². The van der Waals surface area contributed by atoms with Gasteiger partial charge in [0.1, 0.15) is 5.82 Å². The van der Waals surface area contributed by atoms with Crippen molar-refractivity contribution in [2.24, 2.45) is 5.92 Å². The summed E-state index contributed by atoms with van der Waals surface area (Å²) in [6.07, 6.45) is 4.34. The summed E-state index contributed by atoms with van der Waals surface area (Å²) in [4.78, 5) is 0. The summed E-state index contributed by atoms with van der Waals surface area (Å²) in [6.45, 7) is 0. The van der Waals surface area contributed by atoms with Crippen molar-refractivity contribution < 1.29 is 4.39 Å². The zero-order chi connectivity index (χ0) is 10.8. The highest BCUT2D eigenvalue weighted by molar-refractivity contribution is 9.10. The average Bonchev–Trinajstić information content (AvgIpc) is 2.60. The van der Waals surface area contributed by atoms with E-state index in [1.807, 2.05) is 6.07 Å². The van der Waals surface area contributed by atoms with Gasteiger partial charge in [0.2, 0.25) is 0 Å². The molecule has 0 nitrogen and oxygen atoms in total. The summed E-state index contributed by atoms with van der Waals surface area (Å²) in [5, 5.41) is 0.264. The maximum atomic E-state index is 13.3. The molecule has 3 heteroatoms. The van der Waals surface area contributed by atoms with Crippen LogP contribution in [0.2, 0.25) is 0 Å². The Bertz CT molecular complexity index is 353. The predicted molar refractivity (Wildman–Crippen MR) is 64.8 cm³/mol. The molecular weight excluding hydrogens is 278 g/mol. The Morgan fingerprint density at radius 2 is 2.20 bits per heavy atom. The van der Waals surface area contributed by atoms with Crippen LogP contribution in [0.15, 0.2) is 22.7 Å². The fraction of sp³-hybridized carbons (Fsp3) is 0.500. The molecule has 0 heterocycles. The minimum absolute atomic E-state index is 0.184. The SMILES string of the molecule is Fc1cccc(CC2CCCC2Cl)c1Br. The lowest BCUT2D eigenvalue weighted by atomic mass is 9.98. The second-order valence-corrected chi connectivity index (χ2v) is 5.48. The second-order valence-electron chi connectivity index (χ2n) is 4.12. The Labute approximate surface area is 103 Å². The van der Waals surface area contributed by atoms with Gasteiger partial charge in [-0.15, -0.1) is 11.6 Å². The highest BCUT2D eigenvalue weighted by Crippen LogP contribution is 2.34. The van der Waals surface area contributed by atoms with Crippen LogP contribution in [-0.2, 0) is 6.42 Å². The highest BCUT2D eigenvalue weighted by atomic mass is 79.9. The first-order chi connectivity index (χ1) is 7.18. The molecular formula is C12H13BrClF. The molecule has 0 radical (unpaired) electrons. The summed E-state index contributed by atoms with van der Waals surface area (Å²) >= 11 is 9.50. The van der Waals surface area contributed by atoms with Gasteiger partial charge in [-0.05, 0) is 52.7 Å². The highest BCUT2D eigenvalue weighted by Gasteiger charge is 2.26. The second kappa shape index (κ2) is 4.84. The van der Waals surface area contributed by atoms with Gasteiger partial charge in [0.25, 0.3) is 0 Å². The van der Waals surface area contributed by atoms with E-state index in [1.165, 1.54) is 12.5 Å². The van der Waals surface area contributed by atoms with E-state index in [-0.39, 0.29) is 11.2 Å². The Morgan fingerprint density at radius 3 is 2.87 bits per heavy atom. The number of hydrogen-bond acceptors (Lipinski definition) is 0. The molecule has 1 fully saturated rings. The zero-order valence-electron chi connectivity index (χ0n) is 8.35. The molecule has 1 aromatic carbocycles. The van der Waals surface area contributed by atoms with Gasteiger partial charge in [0.15, 0.2) is 0 Å². The van der Waals surface area contributed by atoms with Gasteiger partial charge in [-0.3, -0.25) is 0 Å². The molecule has 1 aromatic rings. The molecule has 0 N–H and O–H groups in total. The molecule has 2 rings (SSSR count). The maximum absolute atomic E-state index is 13.3. The van der Waals surface area contributed by atoms with Crippen molar-refractivity contribution in [2.75, 3.05) is 0 Å². The van der Waals surface area contributed by atoms with Gasteiger partial charge in [-0.2, -0.15) is 0 Å². The Morgan fingerprint density at radius 1 is 1.40 bits per heavy atom. The van der Waals surface area contributed by atoms with Gasteiger partial charge in [-0.25, -0.2) is 4.39 Å². The summed E-state index contributed by atoms with van der Waals surface area (Å²) in [5.74, 6) is 0.321. The average molecular weight is 292 g/mol. The molecule has 0 spiro atoms. The summed E-state index contributed by atoms with van der Waals surface area (Å²) in [6, 6.07) is 5.20. The third-order valence-electron chi connectivity index (χ3n) is 3.08. The molecule has 2 atom stereocenters. The summed E-state index contributed by atoms with van der Waals surface area (Å²) in [5.41, 5.74) is 1.03. The van der Waals surface area contributed by atoms with Gasteiger partial charge in [0, 0.05) is 5.38 Å². The van der Waals surface area contributed by atoms with Crippen LogP contribution in [0.25, 0.3) is 0 Å². The molecule has 82 valence electrons. The van der Waals surface area contributed by atoms with Crippen LogP contribution >= 0.6 is 27.5 Å². The van der Waals surface area contributed by atoms with Crippen molar-refractivity contribution in [2.45, 2.75) is 31.1 Å². The van der Waals surface area contributed by atoms with Crippen LogP contribution in [0.3, 0.4) is 0 Å². The molecule has 1 aliphatic rings. The van der Waals surface area contributed by atoms with E-state index in [2.05, 4.69) is 15.9 Å². The topological polar surface area (TPSA) is 0 Å². The predicted octanol–water partition coefficient (Wildman–Crippen LogP) is 4.54. The van der Waals surface area contributed by atoms with Crippen LogP contribution in [0, 0.1) is 11.7 Å². The summed E-state index contributed by atoms with van der Waals surface area (Å²) < 4.78 is 13.9. The van der Waals surface area contributed by atoms with Crippen LogP contribution in [0.5, 0.6) is 0 Å². The third kappa shape index (κ3) is 2.54. The van der Waals surface area contributed by atoms with Gasteiger partial charge < -0.3 is 0 Å². The number of hydrogen-bond donors (Lipinski definition) is 0. The number of benzene rings is 1. The molecule has 15 heavy (non-hydrogen) atoms. The first-order valence-electron chi connectivity index (χ1n) is 5.25. The van der Waals surface area contributed by atoms with E-state index in [0.29, 0.717) is 10.4 Å². The van der Waals surface area contributed by atoms with Crippen molar-refractivity contribution in [1.29, 1.82) is 0 Å². The number of rotatable bonds is 2. The largest absolute Gasteiger partial charge is 0.206 e. The fourth-order valence-corrected chi connectivity index (χ4v) is 3.01. The molecule has 1 saturated carbocycles. The third-order valence-corrected chi connectivity index (χ3v) is 4.54. The zero-order valence-corrected chi connectivity index (χ0v) is 10.7. The van der Waals surface area contributed by atoms with Crippen molar-refractivity contribution in [3.8, 4) is 0 Å². The Hall–Kier alpha value is -0.0800. The van der Waals surface area contributed by atoms with Crippen LogP contribution in [-0.4, -0.2) is 5.38 Å². The van der Waals surface area contributed by atoms with E-state index < -0.39 is 0 Å². The van der Waals surface area contributed by atoms with E-state index >= 15 is 0 Å². The van der Waals surface area contributed by atoms with Crippen LogP contribution in [0.4, 0.5) is 4.39 Å². The van der Waals surface area contributed by atoms with E-state index in [9.17, 15) is 4.39 Å².